The lowest BCUT2D eigenvalue weighted by molar-refractivity contribution is -0.376. The minimum atomic E-state index is 1.18. The first-order chi connectivity index (χ1) is 9.88. The predicted molar refractivity (Wildman–Crippen MR) is 90.9 cm³/mol. The van der Waals surface area contributed by atoms with E-state index in [2.05, 4.69) is 31.2 Å². The van der Waals surface area contributed by atoms with Crippen LogP contribution in [0.15, 0.2) is 24.3 Å². The average molecular weight is 294 g/mol. The Hall–Kier alpha value is -0.470. The molecule has 0 fully saturated rings. The fraction of sp³-hybridized carbons (Fsp3) is 0.667. The van der Waals surface area contributed by atoms with Crippen molar-refractivity contribution in [1.82, 2.24) is 0 Å². The van der Waals surface area contributed by atoms with E-state index in [-0.39, 0.29) is 0 Å². The molecule has 1 aromatic rings. The van der Waals surface area contributed by atoms with Gasteiger partial charge >= 0.3 is 0 Å². The largest absolute Gasteiger partial charge is 0.492 e. The van der Waals surface area contributed by atoms with Gasteiger partial charge in [0.15, 0.2) is 0 Å². The number of unbranched alkanes of at least 4 members (excludes halogenated alkanes) is 9. The van der Waals surface area contributed by atoms with Crippen molar-refractivity contribution >= 4 is 18.5 Å². The van der Waals surface area contributed by atoms with Crippen molar-refractivity contribution in [2.24, 2.45) is 0 Å². The van der Waals surface area contributed by atoms with Crippen LogP contribution in [0.5, 0.6) is 0 Å². The molecule has 0 bridgehead atoms. The average Bonchev–Trinajstić information content (AvgIpc) is 2.49. The topological polar surface area (TPSA) is 16.6 Å². The van der Waals surface area contributed by atoms with Crippen LogP contribution in [0.25, 0.3) is 0 Å². The standard InChI is InChI=1S/C18H31NS/c1-2-3-4-5-6-7-8-9-10-11-14-17-15-12-13-16-18(17)19-20/h12-13,15-16H,2-11,14,19H2,1H3. The van der Waals surface area contributed by atoms with Crippen molar-refractivity contribution < 1.29 is 4.72 Å². The number of hydrogen-bond donors (Lipinski definition) is 1. The van der Waals surface area contributed by atoms with Gasteiger partial charge in [-0.1, -0.05) is 82.9 Å². The van der Waals surface area contributed by atoms with Crippen molar-refractivity contribution in [2.75, 3.05) is 0 Å². The molecule has 0 atom stereocenters. The zero-order chi connectivity index (χ0) is 14.5. The lowest BCUT2D eigenvalue weighted by Gasteiger charge is -2.08. The third kappa shape index (κ3) is 7.96. The van der Waals surface area contributed by atoms with Gasteiger partial charge in [-0.3, -0.25) is 0 Å². The molecular formula is C18H31NS. The minimum Gasteiger partial charge on any atom is -0.492 e. The lowest BCUT2D eigenvalue weighted by Crippen LogP contribution is -2.70. The smallest absolute Gasteiger partial charge is 0.115 e. The van der Waals surface area contributed by atoms with Crippen molar-refractivity contribution in [3.63, 3.8) is 0 Å². The molecule has 2 N–H and O–H groups in total. The molecule has 0 saturated heterocycles. The van der Waals surface area contributed by atoms with E-state index < -0.39 is 0 Å². The molecule has 114 valence electrons. The molecule has 20 heavy (non-hydrogen) atoms. The molecule has 0 aliphatic heterocycles. The summed E-state index contributed by atoms with van der Waals surface area (Å²) in [5.74, 6) is 0. The molecule has 0 saturated carbocycles. The van der Waals surface area contributed by atoms with Crippen LogP contribution >= 0.6 is 0 Å². The Morgan fingerprint density at radius 1 is 0.800 bits per heavy atom. The summed E-state index contributed by atoms with van der Waals surface area (Å²) >= 11 is 5.06. The molecule has 0 aliphatic rings. The highest BCUT2D eigenvalue weighted by Gasteiger charge is 2.01. The van der Waals surface area contributed by atoms with E-state index in [1.54, 1.807) is 0 Å². The van der Waals surface area contributed by atoms with Crippen molar-refractivity contribution in [3.8, 4) is 0 Å². The van der Waals surface area contributed by atoms with Gasteiger partial charge in [-0.25, -0.2) is 0 Å². The molecular weight excluding hydrogens is 262 g/mol. The first-order valence-corrected chi connectivity index (χ1v) is 8.88. The number of nitrogens with two attached hydrogens (primary N) is 1. The van der Waals surface area contributed by atoms with Crippen molar-refractivity contribution in [1.29, 1.82) is 0 Å². The van der Waals surface area contributed by atoms with Crippen LogP contribution in [0.4, 0.5) is 5.69 Å². The normalized spacial score (nSPS) is 10.9. The molecule has 2 heteroatoms. The Labute approximate surface area is 131 Å². The van der Waals surface area contributed by atoms with Gasteiger partial charge in [-0.15, -0.1) is 0 Å². The summed E-state index contributed by atoms with van der Waals surface area (Å²) in [6.45, 7) is 2.28. The van der Waals surface area contributed by atoms with Crippen molar-refractivity contribution in [3.05, 3.63) is 29.8 Å². The van der Waals surface area contributed by atoms with Gasteiger partial charge in [-0.2, -0.15) is 0 Å². The Morgan fingerprint density at radius 2 is 1.35 bits per heavy atom. The SMILES string of the molecule is CCCCCCCCCCCCc1ccccc1[NH2+][S-]. The van der Waals surface area contributed by atoms with Crippen LogP contribution in [0.3, 0.4) is 0 Å². The molecule has 1 aromatic carbocycles. The van der Waals surface area contributed by atoms with E-state index in [9.17, 15) is 0 Å². The Balaban J connectivity index is 1.97. The summed E-state index contributed by atoms with van der Waals surface area (Å²) in [5.41, 5.74) is 2.65. The fourth-order valence-corrected chi connectivity index (χ4v) is 2.91. The third-order valence-corrected chi connectivity index (χ3v) is 4.24. The van der Waals surface area contributed by atoms with E-state index >= 15 is 0 Å². The van der Waals surface area contributed by atoms with Gasteiger partial charge in [0.25, 0.3) is 0 Å². The van der Waals surface area contributed by atoms with E-state index in [4.69, 9.17) is 12.8 Å². The summed E-state index contributed by atoms with van der Waals surface area (Å²) < 4.78 is 1.81. The Morgan fingerprint density at radius 3 is 1.95 bits per heavy atom. The number of quaternary nitrogens is 1. The molecule has 1 rings (SSSR count). The molecule has 0 radical (unpaired) electrons. The Bertz CT molecular complexity index is 338. The van der Waals surface area contributed by atoms with E-state index in [0.29, 0.717) is 0 Å². The molecule has 0 aromatic heterocycles. The highest BCUT2D eigenvalue weighted by Crippen LogP contribution is 2.15. The van der Waals surface area contributed by atoms with Gasteiger partial charge in [0, 0.05) is 5.56 Å². The second-order valence-electron chi connectivity index (χ2n) is 5.75. The summed E-state index contributed by atoms with van der Waals surface area (Å²) in [6.07, 6.45) is 15.2. The summed E-state index contributed by atoms with van der Waals surface area (Å²) in [4.78, 5) is 0. The van der Waals surface area contributed by atoms with Gasteiger partial charge in [0.1, 0.15) is 5.69 Å². The number of hydrogen-bond acceptors (Lipinski definition) is 1. The second kappa shape index (κ2) is 12.3. The molecule has 0 heterocycles. The predicted octanol–water partition coefficient (Wildman–Crippen LogP) is 4.81. The maximum atomic E-state index is 5.06. The fourth-order valence-electron chi connectivity index (χ4n) is 2.68. The van der Waals surface area contributed by atoms with Crippen LogP contribution in [-0.4, -0.2) is 0 Å². The summed E-state index contributed by atoms with van der Waals surface area (Å²) in [5, 5.41) is 0. The van der Waals surface area contributed by atoms with Crippen LogP contribution in [0.2, 0.25) is 0 Å². The first kappa shape index (κ1) is 17.6. The first-order valence-electron chi connectivity index (χ1n) is 8.41. The number of benzene rings is 1. The van der Waals surface area contributed by atoms with Gasteiger partial charge < -0.3 is 17.5 Å². The highest BCUT2D eigenvalue weighted by molar-refractivity contribution is 7.50. The van der Waals surface area contributed by atoms with E-state index in [1.807, 2.05) is 4.72 Å². The monoisotopic (exact) mass is 293 g/mol. The maximum Gasteiger partial charge on any atom is 0.115 e. The lowest BCUT2D eigenvalue weighted by atomic mass is 10.0. The Kier molecular flexibility index (Phi) is 10.8. The summed E-state index contributed by atoms with van der Waals surface area (Å²) in [6, 6.07) is 8.53. The van der Waals surface area contributed by atoms with Crippen LogP contribution in [0, 0.1) is 0 Å². The molecule has 0 aliphatic carbocycles. The summed E-state index contributed by atoms with van der Waals surface area (Å²) in [7, 11) is 0. The van der Waals surface area contributed by atoms with Gasteiger partial charge in [-0.05, 0) is 18.9 Å². The number of aryl methyl sites for hydroxylation is 1. The quantitative estimate of drug-likeness (QED) is 0.332. The molecule has 0 amide bonds. The minimum absolute atomic E-state index is 1.18. The zero-order valence-corrected chi connectivity index (χ0v) is 13.9. The van der Waals surface area contributed by atoms with Crippen LogP contribution in [0.1, 0.15) is 76.7 Å². The zero-order valence-electron chi connectivity index (χ0n) is 13.1. The van der Waals surface area contributed by atoms with E-state index in [0.717, 1.165) is 0 Å². The van der Waals surface area contributed by atoms with Crippen LogP contribution < -0.4 is 4.72 Å². The molecule has 0 unspecified atom stereocenters. The van der Waals surface area contributed by atoms with E-state index in [1.165, 1.54) is 81.9 Å². The van der Waals surface area contributed by atoms with Crippen LogP contribution in [-0.2, 0) is 19.2 Å². The van der Waals surface area contributed by atoms with Gasteiger partial charge in [0.05, 0.1) is 0 Å². The maximum absolute atomic E-state index is 5.06. The molecule has 1 nitrogen and oxygen atoms in total. The van der Waals surface area contributed by atoms with Crippen molar-refractivity contribution in [2.45, 2.75) is 77.6 Å². The third-order valence-electron chi connectivity index (χ3n) is 3.98. The highest BCUT2D eigenvalue weighted by atomic mass is 32.1. The van der Waals surface area contributed by atoms with Gasteiger partial charge in [0.2, 0.25) is 0 Å². The molecule has 0 spiro atoms. The second-order valence-corrected chi connectivity index (χ2v) is 5.98. The number of rotatable bonds is 12.